The molecular formula is C60H89F6N15O19. The third-order valence-corrected chi connectivity index (χ3v) is 15.6. The minimum atomic E-state index is -5.88. The molecule has 1 aliphatic carbocycles. The van der Waals surface area contributed by atoms with Crippen LogP contribution in [0.5, 0.6) is 0 Å². The van der Waals surface area contributed by atoms with E-state index in [9.17, 15) is 79.7 Å². The van der Waals surface area contributed by atoms with Gasteiger partial charge in [-0.3, -0.25) is 62.6 Å². The Morgan fingerprint density at radius 2 is 1.21 bits per heavy atom. The largest absolute Gasteiger partial charge is 0.490 e. The van der Waals surface area contributed by atoms with Gasteiger partial charge in [-0.05, 0) is 74.7 Å². The number of carbonyl (C=O) groups excluding carboxylic acids is 14. The van der Waals surface area contributed by atoms with Gasteiger partial charge < -0.3 is 95.6 Å². The molecule has 0 radical (unpaired) electrons. The average Bonchev–Trinajstić information content (AvgIpc) is 1.51. The van der Waals surface area contributed by atoms with E-state index in [0.717, 1.165) is 45.0 Å². The zero-order chi connectivity index (χ0) is 76.2. The highest BCUT2D eigenvalue weighted by molar-refractivity contribution is 6.08. The fourth-order valence-electron chi connectivity index (χ4n) is 9.85. The van der Waals surface area contributed by atoms with Crippen molar-refractivity contribution in [2.75, 3.05) is 19.7 Å². The van der Waals surface area contributed by atoms with Crippen LogP contribution >= 0.6 is 0 Å². The number of aliphatic imine (C=N–C) groups is 1. The summed E-state index contributed by atoms with van der Waals surface area (Å²) in [4.78, 5) is 204. The Balaban J connectivity index is 2.68. The Labute approximate surface area is 569 Å². The normalized spacial score (nSPS) is 24.4. The molecule has 1 aliphatic heterocycles. The summed E-state index contributed by atoms with van der Waals surface area (Å²) in [6.45, 7) is 8.78. The number of hydrogen-bond donors (Lipinski definition) is 15. The minimum Gasteiger partial charge on any atom is -0.456 e. The lowest BCUT2D eigenvalue weighted by atomic mass is 9.94. The topological polar surface area (TPSA) is 549 Å². The quantitative estimate of drug-likeness (QED) is 0.0131. The number of nitrogens with one attached hydrogen (secondary N) is 8. The van der Waals surface area contributed by atoms with E-state index in [2.05, 4.69) is 36.3 Å². The van der Waals surface area contributed by atoms with Gasteiger partial charge in [0.1, 0.15) is 49.0 Å². The second-order valence-corrected chi connectivity index (χ2v) is 25.3. The minimum absolute atomic E-state index is 0.0670. The molecule has 3 rings (SSSR count). The van der Waals surface area contributed by atoms with Crippen molar-refractivity contribution in [3.8, 4) is 0 Å². The number of guanidine groups is 1. The summed E-state index contributed by atoms with van der Waals surface area (Å²) in [5.74, 6) is -29.3. The maximum Gasteiger partial charge on any atom is 0.490 e. The molecule has 14 atom stereocenters. The zero-order valence-corrected chi connectivity index (χ0v) is 56.2. The van der Waals surface area contributed by atoms with E-state index >= 15 is 24.0 Å². The van der Waals surface area contributed by atoms with Gasteiger partial charge in [0.05, 0.1) is 24.2 Å². The van der Waals surface area contributed by atoms with E-state index in [0.29, 0.717) is 0 Å². The lowest BCUT2D eigenvalue weighted by Crippen LogP contribution is -2.66. The van der Waals surface area contributed by atoms with Crippen LogP contribution in [0.4, 0.5) is 26.3 Å². The fraction of sp³-hybridized carbons (Fsp3) is 0.650. The van der Waals surface area contributed by atoms with E-state index in [1.54, 1.807) is 31.4 Å². The summed E-state index contributed by atoms with van der Waals surface area (Å²) in [7, 11) is 0. The maximum absolute atomic E-state index is 16.0. The molecule has 0 aromatic heterocycles. The smallest absolute Gasteiger partial charge is 0.456 e. The van der Waals surface area contributed by atoms with Gasteiger partial charge in [-0.15, -0.1) is 0 Å². The fourth-order valence-corrected chi connectivity index (χ4v) is 9.85. The number of carbonyl (C=O) groups is 14. The molecule has 40 heteroatoms. The Kier molecular flexibility index (Phi) is 31.6. The number of esters is 3. The molecule has 20 N–H and O–H groups in total. The van der Waals surface area contributed by atoms with Gasteiger partial charge in [0, 0.05) is 6.54 Å². The van der Waals surface area contributed by atoms with Crippen LogP contribution < -0.4 is 71.2 Å². The van der Waals surface area contributed by atoms with Crippen molar-refractivity contribution in [2.24, 2.45) is 57.3 Å². The zero-order valence-electron chi connectivity index (χ0n) is 56.2. The van der Waals surface area contributed by atoms with Gasteiger partial charge in [0.25, 0.3) is 0 Å². The number of aliphatic hydroxyl groups is 2. The van der Waals surface area contributed by atoms with Crippen molar-refractivity contribution >= 4 is 88.8 Å². The number of nitrogens with zero attached hydrogens (tertiary/aromatic N) is 2. The molecule has 0 unspecified atom stereocenters. The Hall–Kier alpha value is -9.31. The standard InChI is InChI=1S/C60H89F6N15O19/c1-10-28(8)36-48(89)79-37(29(9)82)47(88)73-23-35(83)77-38(41(84)44(68)85)49(90)76-34(24-98-55(96)59(61,62)63)53(94)99-43(30-15-12-11-13-16-30)40(81(54(95)58(71)18-19-58)52(93)31(67)21-25(2)3)51(92)80-39(42(27(6)7)100-56(97)60(64,65)66)50(91)75-33(22-26(4)5)46(87)74-32(45(86)78-36)17-14-20-72-57(69)70/h11-13,15-16,25-29,31-34,36-43,82,84H,10,14,17-24,67,71H2,1-9H3,(H2,68,85)(H,73,88)(H,74,87)(H,75,91)(H,76,90)(H,77,83)(H,78,86)(H,79,89)(H,80,92)(H4,69,70,72)/t28-,29-,31-,32+,33-,34-,36-,37-,38-,39-,40-,41-,42+,43+/m0/s1. The van der Waals surface area contributed by atoms with Gasteiger partial charge in [0.15, 0.2) is 30.3 Å². The number of alkyl halides is 6. The second kappa shape index (κ2) is 37.2. The van der Waals surface area contributed by atoms with Gasteiger partial charge in [-0.1, -0.05) is 92.1 Å². The van der Waals surface area contributed by atoms with E-state index in [1.807, 2.05) is 5.32 Å². The summed E-state index contributed by atoms with van der Waals surface area (Å²) >= 11 is 0. The number of nitrogens with two attached hydrogens (primary N) is 5. The van der Waals surface area contributed by atoms with Crippen molar-refractivity contribution in [1.29, 1.82) is 0 Å². The molecule has 1 aromatic rings. The van der Waals surface area contributed by atoms with Crippen molar-refractivity contribution in [3.05, 3.63) is 35.9 Å². The second-order valence-electron chi connectivity index (χ2n) is 25.3. The number of halogens is 6. The Bertz CT molecular complexity index is 3150. The molecule has 100 heavy (non-hydrogen) atoms. The third kappa shape index (κ3) is 25.1. The number of primary amides is 1. The average molecular weight is 1440 g/mol. The van der Waals surface area contributed by atoms with E-state index in [4.69, 9.17) is 38.1 Å². The highest BCUT2D eigenvalue weighted by Crippen LogP contribution is 2.38. The summed E-state index contributed by atoms with van der Waals surface area (Å²) in [5, 5.41) is 38.8. The molecule has 1 aromatic carbocycles. The summed E-state index contributed by atoms with van der Waals surface area (Å²) in [6, 6.07) is -15.1. The molecule has 1 saturated carbocycles. The van der Waals surface area contributed by atoms with E-state index in [-0.39, 0.29) is 50.0 Å². The van der Waals surface area contributed by atoms with Crippen molar-refractivity contribution in [1.82, 2.24) is 47.4 Å². The number of amides is 11. The third-order valence-electron chi connectivity index (χ3n) is 15.6. The van der Waals surface area contributed by atoms with Crippen LogP contribution in [0.15, 0.2) is 35.3 Å². The predicted molar refractivity (Wildman–Crippen MR) is 335 cm³/mol. The van der Waals surface area contributed by atoms with Crippen LogP contribution in [0, 0.1) is 23.7 Å². The maximum atomic E-state index is 16.0. The molecule has 1 heterocycles. The lowest BCUT2D eigenvalue weighted by Gasteiger charge is -2.39. The van der Waals surface area contributed by atoms with Crippen molar-refractivity contribution in [2.45, 2.75) is 204 Å². The highest BCUT2D eigenvalue weighted by Gasteiger charge is 2.56. The van der Waals surface area contributed by atoms with Crippen LogP contribution in [0.25, 0.3) is 0 Å². The molecule has 0 spiro atoms. The van der Waals surface area contributed by atoms with Crippen LogP contribution in [0.1, 0.15) is 119 Å². The monoisotopic (exact) mass is 1440 g/mol. The summed E-state index contributed by atoms with van der Waals surface area (Å²) < 4.78 is 99.6. The molecule has 560 valence electrons. The highest BCUT2D eigenvalue weighted by atomic mass is 19.4. The van der Waals surface area contributed by atoms with Gasteiger partial charge in [-0.2, -0.15) is 26.3 Å². The number of hydrogen-bond acceptors (Lipinski definition) is 22. The molecule has 2 aliphatic rings. The molecule has 11 amide bonds. The van der Waals surface area contributed by atoms with Crippen molar-refractivity contribution < 1.29 is 118 Å². The first kappa shape index (κ1) is 84.9. The number of aliphatic hydroxyl groups excluding tert-OH is 2. The molecular weight excluding hydrogens is 1350 g/mol. The van der Waals surface area contributed by atoms with Gasteiger partial charge >= 0.3 is 30.3 Å². The van der Waals surface area contributed by atoms with Crippen LogP contribution in [0.2, 0.25) is 0 Å². The summed E-state index contributed by atoms with van der Waals surface area (Å²) in [6.07, 6.45) is -23.5. The van der Waals surface area contributed by atoms with Gasteiger partial charge in [-0.25, -0.2) is 14.4 Å². The molecule has 34 nitrogen and oxygen atoms in total. The lowest BCUT2D eigenvalue weighted by molar-refractivity contribution is -0.208. The Morgan fingerprint density at radius 3 is 1.72 bits per heavy atom. The molecule has 1 saturated heterocycles. The first-order valence-corrected chi connectivity index (χ1v) is 31.6. The Morgan fingerprint density at radius 1 is 0.680 bits per heavy atom. The number of benzene rings is 1. The number of rotatable bonds is 22. The molecule has 2 fully saturated rings. The number of cyclic esters (lactones) is 1. The van der Waals surface area contributed by atoms with E-state index < -0.39 is 234 Å². The van der Waals surface area contributed by atoms with Gasteiger partial charge in [0.2, 0.25) is 65.0 Å². The van der Waals surface area contributed by atoms with Crippen molar-refractivity contribution in [3.63, 3.8) is 0 Å². The first-order valence-electron chi connectivity index (χ1n) is 31.6. The molecule has 0 bridgehead atoms. The van der Waals surface area contributed by atoms with Crippen LogP contribution in [-0.2, 0) is 81.3 Å². The van der Waals surface area contributed by atoms with Crippen LogP contribution in [0.3, 0.4) is 0 Å². The van der Waals surface area contributed by atoms with E-state index in [1.165, 1.54) is 26.8 Å². The SMILES string of the molecule is CC[C@H](C)[C@@H]1NC(=O)[C@@H](CCCN=C(N)N)NC(=O)[C@H](CC(C)C)NC(=O)[C@H]([C@H](OC(=O)C(F)(F)F)C(C)C)NC(=O)[C@@H](N(C(=O)[C@@H](N)CC(C)C)C(=O)C2(N)CC2)[C@@H](c2ccccc2)OC(=O)[C@H](COC(=O)C(F)(F)F)NC(=O)[C@H]([C@H](O)C(N)=O)NC(=O)CNC(=O)[C@H]([C@H](C)O)NC1=O. The first-order chi connectivity index (χ1) is 46.3. The van der Waals surface area contributed by atoms with Crippen LogP contribution in [-0.4, -0.2) is 214 Å². The number of imide groups is 1. The summed E-state index contributed by atoms with van der Waals surface area (Å²) in [5.41, 5.74) is 26.5. The number of ether oxygens (including phenoxy) is 3. The predicted octanol–water partition coefficient (Wildman–Crippen LogP) is -4.01.